The summed E-state index contributed by atoms with van der Waals surface area (Å²) in [5.74, 6) is -5.98. The second kappa shape index (κ2) is 18.1. The van der Waals surface area contributed by atoms with Gasteiger partial charge in [-0.15, -0.1) is 0 Å². The number of Topliss-reactive ketones (excluding diaryl/α,β-unsaturated/α-hetero) is 1. The zero-order valence-corrected chi connectivity index (χ0v) is 37.6. The number of ether oxygens (including phenoxy) is 7. The lowest BCUT2D eigenvalue weighted by Gasteiger charge is -2.67. The van der Waals surface area contributed by atoms with Crippen LogP contribution in [0.2, 0.25) is 0 Å². The molecule has 4 fully saturated rings. The summed E-state index contributed by atoms with van der Waals surface area (Å²) in [5.41, 5.74) is -7.74. The minimum absolute atomic E-state index is 0.00941. The zero-order valence-electron chi connectivity index (χ0n) is 37.6. The van der Waals surface area contributed by atoms with Gasteiger partial charge in [-0.3, -0.25) is 14.4 Å². The number of alkyl carbamates (subject to hydrolysis) is 1. The van der Waals surface area contributed by atoms with Crippen LogP contribution in [0.4, 0.5) is 4.79 Å². The summed E-state index contributed by atoms with van der Waals surface area (Å²) in [5, 5.41) is 40.1. The number of ketones is 1. The Balaban J connectivity index is 1.52. The van der Waals surface area contributed by atoms with E-state index in [-0.39, 0.29) is 54.6 Å². The average molecular weight is 886 g/mol. The largest absolute Gasteiger partial charge is 0.497 e. The number of amides is 1. The lowest BCUT2D eigenvalue weighted by atomic mass is 9.44. The van der Waals surface area contributed by atoms with E-state index in [0.29, 0.717) is 18.6 Å². The number of hydrogen-bond donors (Lipinski definition) is 4. The Bertz CT molecular complexity index is 1990. The normalized spacial score (nSPS) is 33.3. The van der Waals surface area contributed by atoms with Gasteiger partial charge >= 0.3 is 30.0 Å². The van der Waals surface area contributed by atoms with Gasteiger partial charge in [-0.1, -0.05) is 40.7 Å². The third kappa shape index (κ3) is 8.57. The number of fused-ring (bicyclic) bond motifs is 5. The zero-order chi connectivity index (χ0) is 46.4. The Kier molecular flexibility index (Phi) is 13.8. The van der Waals surface area contributed by atoms with Crippen molar-refractivity contribution in [3.63, 3.8) is 0 Å². The van der Waals surface area contributed by atoms with Crippen LogP contribution in [0.3, 0.4) is 0 Å². The van der Waals surface area contributed by atoms with Crippen LogP contribution >= 0.6 is 0 Å². The quantitative estimate of drug-likeness (QED) is 0.124. The number of nitrogens with one attached hydrogen (secondary N) is 1. The minimum Gasteiger partial charge on any atom is -0.497 e. The number of aliphatic hydroxyl groups is 3. The van der Waals surface area contributed by atoms with Gasteiger partial charge in [-0.25, -0.2) is 14.4 Å². The standard InChI is InChI=1S/C46H63NO16/c1-10-33(50)61-36-34-24(4)30(60-41(54)35(51)29(18-23(2)3)47-42(55)59-27-15-11-12-16-27)21-46(56,43(34,6)7)39(62-40(53)26-14-13-17-28(19-26)57-9)37-44(8,38(36)52)31(49)20-32-45(37,22-58-32)63-25(5)48/h13-14,17,19,23,27,29-32,35-37,39,49,51,56H,10-12,15-16,18,20-22H2,1-9H3,(H,47,55)/t29-,30-,31-,32+,35+,36+,37-,39-,44+,45-,46+/m0/s1. The lowest BCUT2D eigenvalue weighted by Crippen LogP contribution is -2.82. The van der Waals surface area contributed by atoms with E-state index in [9.17, 15) is 39.3 Å². The van der Waals surface area contributed by atoms with Gasteiger partial charge in [0.05, 0.1) is 42.8 Å². The van der Waals surface area contributed by atoms with Crippen LogP contribution in [0.1, 0.15) is 117 Å². The van der Waals surface area contributed by atoms with Crippen molar-refractivity contribution >= 4 is 35.8 Å². The Morgan fingerprint density at radius 3 is 2.29 bits per heavy atom. The predicted octanol–water partition coefficient (Wildman–Crippen LogP) is 4.05. The van der Waals surface area contributed by atoms with Crippen molar-refractivity contribution < 1.29 is 77.2 Å². The van der Waals surface area contributed by atoms with Gasteiger partial charge < -0.3 is 53.8 Å². The Morgan fingerprint density at radius 1 is 1.02 bits per heavy atom. The second-order valence-electron chi connectivity index (χ2n) is 18.9. The molecule has 0 unspecified atom stereocenters. The fraction of sp³-hybridized carbons (Fsp3) is 0.696. The molecule has 348 valence electrons. The van der Waals surface area contributed by atoms with E-state index >= 15 is 4.79 Å². The molecule has 3 saturated carbocycles. The summed E-state index contributed by atoms with van der Waals surface area (Å²) < 4.78 is 41.4. The average Bonchev–Trinajstić information content (AvgIpc) is 3.73. The van der Waals surface area contributed by atoms with Crippen LogP contribution in [-0.4, -0.2) is 125 Å². The van der Waals surface area contributed by atoms with Gasteiger partial charge in [0.1, 0.15) is 35.8 Å². The van der Waals surface area contributed by atoms with E-state index < -0.39 is 113 Å². The van der Waals surface area contributed by atoms with Crippen LogP contribution < -0.4 is 10.1 Å². The molecule has 17 nitrogen and oxygen atoms in total. The van der Waals surface area contributed by atoms with Crippen LogP contribution in [-0.2, 0) is 47.6 Å². The van der Waals surface area contributed by atoms with Crippen LogP contribution in [0.5, 0.6) is 5.75 Å². The van der Waals surface area contributed by atoms with Crippen LogP contribution in [0.25, 0.3) is 0 Å². The maximum absolute atomic E-state index is 15.6. The van der Waals surface area contributed by atoms with Gasteiger partial charge in [-0.05, 0) is 81.2 Å². The summed E-state index contributed by atoms with van der Waals surface area (Å²) >= 11 is 0. The van der Waals surface area contributed by atoms with E-state index in [1.165, 1.54) is 40.0 Å². The first-order valence-corrected chi connectivity index (χ1v) is 21.9. The van der Waals surface area contributed by atoms with Crippen LogP contribution in [0.15, 0.2) is 35.4 Å². The molecule has 0 spiro atoms. The highest BCUT2D eigenvalue weighted by Gasteiger charge is 2.78. The molecule has 0 aromatic heterocycles. The Morgan fingerprint density at radius 2 is 1.70 bits per heavy atom. The highest BCUT2D eigenvalue weighted by Crippen LogP contribution is 2.64. The molecule has 6 rings (SSSR count). The van der Waals surface area contributed by atoms with Gasteiger partial charge in [0, 0.05) is 31.6 Å². The topological polar surface area (TPSA) is 240 Å². The SMILES string of the molecule is CCC(=O)O[C@H]1C(=O)[C@@]2(C)[C@H]([C@H](OC(=O)c3cccc(OC)c3)[C@]3(O)C[C@H](OC(=O)[C@H](O)[C@H](CC(C)C)NC(=O)OC4CCCC4)C(C)=C1C3(C)C)[C@]1(OC(C)=O)CO[C@@H]1C[C@@H]2O. The number of esters is 4. The first-order chi connectivity index (χ1) is 29.5. The highest BCUT2D eigenvalue weighted by atomic mass is 16.6. The first-order valence-electron chi connectivity index (χ1n) is 21.9. The summed E-state index contributed by atoms with van der Waals surface area (Å²) in [4.78, 5) is 83.7. The maximum atomic E-state index is 15.6. The molecule has 17 heteroatoms. The summed E-state index contributed by atoms with van der Waals surface area (Å²) in [6.07, 6.45) is -8.34. The van der Waals surface area contributed by atoms with Gasteiger partial charge in [0.2, 0.25) is 0 Å². The molecule has 0 radical (unpaired) electrons. The van der Waals surface area contributed by atoms with E-state index in [4.69, 9.17) is 33.2 Å². The van der Waals surface area contributed by atoms with Crippen molar-refractivity contribution in [2.75, 3.05) is 13.7 Å². The molecule has 11 atom stereocenters. The molecule has 1 saturated heterocycles. The summed E-state index contributed by atoms with van der Waals surface area (Å²) in [6.45, 7) is 12.1. The van der Waals surface area contributed by atoms with E-state index in [2.05, 4.69) is 5.32 Å². The number of hydrogen-bond acceptors (Lipinski definition) is 16. The monoisotopic (exact) mass is 885 g/mol. The van der Waals surface area contributed by atoms with Crippen molar-refractivity contribution in [2.45, 2.75) is 167 Å². The number of aliphatic hydroxyl groups excluding tert-OH is 2. The molecule has 5 aliphatic rings. The molecule has 63 heavy (non-hydrogen) atoms. The van der Waals surface area contributed by atoms with Crippen molar-refractivity contribution in [1.82, 2.24) is 5.32 Å². The fourth-order valence-electron chi connectivity index (χ4n) is 10.7. The fourth-order valence-corrected chi connectivity index (χ4v) is 10.7. The number of rotatable bonds is 13. The molecule has 4 aliphatic carbocycles. The minimum atomic E-state index is -2.40. The third-order valence-corrected chi connectivity index (χ3v) is 14.2. The predicted molar refractivity (Wildman–Crippen MR) is 221 cm³/mol. The van der Waals surface area contributed by atoms with E-state index in [0.717, 1.165) is 19.8 Å². The smallest absolute Gasteiger partial charge is 0.407 e. The third-order valence-electron chi connectivity index (χ3n) is 14.2. The molecule has 1 aliphatic heterocycles. The Labute approximate surface area is 367 Å². The number of carbonyl (C=O) groups is 6. The van der Waals surface area contributed by atoms with Gasteiger partial charge in [0.15, 0.2) is 23.6 Å². The molecule has 4 N–H and O–H groups in total. The molecule has 1 heterocycles. The number of benzene rings is 1. The highest BCUT2D eigenvalue weighted by molar-refractivity contribution is 5.96. The Hall–Kier alpha value is -4.58. The summed E-state index contributed by atoms with van der Waals surface area (Å²) in [7, 11) is 1.41. The van der Waals surface area contributed by atoms with Crippen LogP contribution in [0, 0.1) is 22.7 Å². The van der Waals surface area contributed by atoms with E-state index in [1.807, 2.05) is 13.8 Å². The van der Waals surface area contributed by atoms with Crippen molar-refractivity contribution in [1.29, 1.82) is 0 Å². The van der Waals surface area contributed by atoms with Crippen molar-refractivity contribution in [3.8, 4) is 5.75 Å². The number of methoxy groups -OCH3 is 1. The molecule has 2 bridgehead atoms. The molecule has 1 aromatic rings. The first kappa shape index (κ1) is 47.9. The maximum Gasteiger partial charge on any atom is 0.407 e. The summed E-state index contributed by atoms with van der Waals surface area (Å²) in [6, 6.07) is 4.86. The second-order valence-corrected chi connectivity index (χ2v) is 18.9. The molecule has 1 aromatic carbocycles. The van der Waals surface area contributed by atoms with Crippen molar-refractivity contribution in [2.24, 2.45) is 22.7 Å². The molecular formula is C46H63NO16. The van der Waals surface area contributed by atoms with Crippen molar-refractivity contribution in [3.05, 3.63) is 41.0 Å². The van der Waals surface area contributed by atoms with Gasteiger partial charge in [-0.2, -0.15) is 0 Å². The van der Waals surface area contributed by atoms with E-state index in [1.54, 1.807) is 26.0 Å². The molecular weight excluding hydrogens is 822 g/mol. The van der Waals surface area contributed by atoms with Gasteiger partial charge in [0.25, 0.3) is 0 Å². The molecule has 1 amide bonds. The number of carbonyl (C=O) groups excluding carboxylic acids is 6. The lowest BCUT2D eigenvalue weighted by molar-refractivity contribution is -0.346.